The van der Waals surface area contributed by atoms with Crippen LogP contribution in [0.5, 0.6) is 0 Å². The summed E-state index contributed by atoms with van der Waals surface area (Å²) in [6.07, 6.45) is 7.30. The highest BCUT2D eigenvalue weighted by molar-refractivity contribution is 8.73. The van der Waals surface area contributed by atoms with Crippen molar-refractivity contribution in [1.82, 2.24) is 4.57 Å². The van der Waals surface area contributed by atoms with E-state index >= 15 is 0 Å². The molecule has 0 saturated heterocycles. The lowest BCUT2D eigenvalue weighted by Crippen LogP contribution is -2.29. The van der Waals surface area contributed by atoms with Gasteiger partial charge in [0.25, 0.3) is 0 Å². The summed E-state index contributed by atoms with van der Waals surface area (Å²) in [6.45, 7) is 0. The molecule has 3 heterocycles. The Kier molecular flexibility index (Phi) is 7.88. The molecule has 1 saturated carbocycles. The average molecular weight is 766 g/mol. The molecular formula is C37H23N3S8. The van der Waals surface area contributed by atoms with Gasteiger partial charge >= 0.3 is 0 Å². The van der Waals surface area contributed by atoms with Crippen LogP contribution < -0.4 is 0 Å². The number of rotatable bonds is 1. The third kappa shape index (κ3) is 4.43. The van der Waals surface area contributed by atoms with Gasteiger partial charge in [0, 0.05) is 26.7 Å². The summed E-state index contributed by atoms with van der Waals surface area (Å²) in [6, 6.07) is 35.1. The first-order valence-corrected chi connectivity index (χ1v) is 25.5. The van der Waals surface area contributed by atoms with E-state index in [9.17, 15) is 10.5 Å². The number of nitriles is 2. The number of nitrogens with zero attached hydrogens (tertiary/aromatic N) is 3. The second-order valence-electron chi connectivity index (χ2n) is 12.0. The molecule has 2 aliphatic carbocycles. The second kappa shape index (κ2) is 12.3. The van der Waals surface area contributed by atoms with E-state index in [1.165, 1.54) is 64.6 Å². The molecule has 2 aliphatic heterocycles. The Hall–Kier alpha value is -3.23. The summed E-state index contributed by atoms with van der Waals surface area (Å²) in [4.78, 5) is 1.31. The van der Waals surface area contributed by atoms with E-state index in [2.05, 4.69) is 89.5 Å². The van der Waals surface area contributed by atoms with Crippen LogP contribution in [0.4, 0.5) is 0 Å². The minimum absolute atomic E-state index is 0.0129. The van der Waals surface area contributed by atoms with Crippen molar-refractivity contribution >= 4 is 111 Å². The standard InChI is InChI=1S/C37H23N3S8/c38-20-23(21-39)34-27-10-2-1-8-24(27)25-15-14-22(18-29(25)34)33-19-31-36(48(33)47-46-45-44-43-42-41)40-32-13-4-3-9-26(32)28-11-7-12-30(35(28)40)37(31)16-5-6-17-37/h1-4,7-15,18-19H,5-6,16-17H2. The van der Waals surface area contributed by atoms with Crippen molar-refractivity contribution < 1.29 is 0 Å². The molecule has 1 spiro atoms. The largest absolute Gasteiger partial charge is 0.303 e. The van der Waals surface area contributed by atoms with Gasteiger partial charge in [-0.25, -0.2) is 0 Å². The predicted molar refractivity (Wildman–Crippen MR) is 219 cm³/mol. The highest BCUT2D eigenvalue weighted by Gasteiger charge is 2.48. The van der Waals surface area contributed by atoms with Crippen molar-refractivity contribution in [3.63, 3.8) is 0 Å². The summed E-state index contributed by atoms with van der Waals surface area (Å²) in [5.41, 5.74) is 11.7. The van der Waals surface area contributed by atoms with E-state index in [-0.39, 0.29) is 20.4 Å². The molecule has 0 bridgehead atoms. The van der Waals surface area contributed by atoms with E-state index in [1.54, 1.807) is 26.6 Å². The molecule has 1 unspecified atom stereocenters. The van der Waals surface area contributed by atoms with Crippen molar-refractivity contribution in [1.29, 1.82) is 10.5 Å². The number of fused-ring (bicyclic) bond motifs is 9. The quantitative estimate of drug-likeness (QED) is 0.158. The lowest BCUT2D eigenvalue weighted by molar-refractivity contribution is 0.534. The Bertz CT molecular complexity index is 2780. The SMILES string of the molecule is N#CC(C#N)=C1c2ccccc2-c2ccc(C3=CC4=C(n5c6ccccc6c6cccc(c65)C45CCCC5)S3=S=S=S=S=S=S=S)cc21. The summed E-state index contributed by atoms with van der Waals surface area (Å²) < 4.78 is 2.60. The van der Waals surface area contributed by atoms with Gasteiger partial charge < -0.3 is 4.57 Å². The molecule has 5 aromatic rings. The van der Waals surface area contributed by atoms with Gasteiger partial charge in [-0.1, -0.05) is 85.6 Å². The third-order valence-electron chi connectivity index (χ3n) is 10.0. The predicted octanol–water partition coefficient (Wildman–Crippen LogP) is 8.74. The molecule has 4 aliphatic rings. The molecule has 0 radical (unpaired) electrons. The van der Waals surface area contributed by atoms with E-state index in [0.717, 1.165) is 46.2 Å². The highest BCUT2D eigenvalue weighted by atomic mass is 33.4. The van der Waals surface area contributed by atoms with Crippen molar-refractivity contribution in [2.45, 2.75) is 31.1 Å². The van der Waals surface area contributed by atoms with Gasteiger partial charge in [-0.05, 0) is 144 Å². The van der Waals surface area contributed by atoms with E-state index in [1.807, 2.05) is 36.0 Å². The maximum atomic E-state index is 10.0. The van der Waals surface area contributed by atoms with Crippen LogP contribution in [0.3, 0.4) is 0 Å². The Morgan fingerprint density at radius 2 is 1.50 bits per heavy atom. The maximum Gasteiger partial charge on any atom is 0.138 e. The minimum Gasteiger partial charge on any atom is -0.303 e. The molecule has 4 aromatic carbocycles. The zero-order valence-electron chi connectivity index (χ0n) is 25.1. The van der Waals surface area contributed by atoms with Gasteiger partial charge in [0.2, 0.25) is 0 Å². The fourth-order valence-corrected chi connectivity index (χ4v) is 25.7. The fourth-order valence-electron chi connectivity index (χ4n) is 8.23. The number of para-hydroxylation sites is 2. The molecule has 1 atom stereocenters. The van der Waals surface area contributed by atoms with Crippen LogP contribution >= 0.6 is 0 Å². The summed E-state index contributed by atoms with van der Waals surface area (Å²) in [5, 5.41) is 24.1. The molecule has 3 nitrogen and oxygen atoms in total. The van der Waals surface area contributed by atoms with Crippen LogP contribution in [-0.4, -0.2) is 4.57 Å². The molecule has 0 amide bonds. The second-order valence-corrected chi connectivity index (χ2v) is 25.0. The number of benzene rings is 4. The Morgan fingerprint density at radius 3 is 2.31 bits per heavy atom. The van der Waals surface area contributed by atoms with Crippen LogP contribution in [0.25, 0.3) is 48.4 Å². The van der Waals surface area contributed by atoms with Crippen LogP contribution in [0, 0.1) is 22.7 Å². The first-order chi connectivity index (χ1) is 23.7. The lowest BCUT2D eigenvalue weighted by Gasteiger charge is -2.36. The smallest absolute Gasteiger partial charge is 0.138 e. The van der Waals surface area contributed by atoms with Gasteiger partial charge in [0.1, 0.15) is 17.7 Å². The van der Waals surface area contributed by atoms with Gasteiger partial charge in [-0.15, -0.1) is 0 Å². The molecule has 1 fully saturated rings. The van der Waals surface area contributed by atoms with E-state index < -0.39 is 0 Å². The number of aromatic nitrogens is 1. The van der Waals surface area contributed by atoms with Gasteiger partial charge in [0.15, 0.2) is 0 Å². The molecule has 48 heavy (non-hydrogen) atoms. The molecule has 234 valence electrons. The molecular weight excluding hydrogens is 743 g/mol. The van der Waals surface area contributed by atoms with Crippen LogP contribution in [0.2, 0.25) is 0 Å². The summed E-state index contributed by atoms with van der Waals surface area (Å²) >= 11 is 5.11. The van der Waals surface area contributed by atoms with Crippen molar-refractivity contribution in [3.8, 4) is 23.3 Å². The Labute approximate surface area is 302 Å². The Morgan fingerprint density at radius 1 is 0.771 bits per heavy atom. The van der Waals surface area contributed by atoms with Crippen molar-refractivity contribution in [2.24, 2.45) is 0 Å². The lowest BCUT2D eigenvalue weighted by atomic mass is 9.71. The average Bonchev–Trinajstić information content (AvgIpc) is 3.91. The number of hydrogen-bond donors (Lipinski definition) is 0. The van der Waals surface area contributed by atoms with Crippen LogP contribution in [0.1, 0.15) is 47.9 Å². The normalized spacial score (nSPS) is 17.7. The first kappa shape index (κ1) is 30.8. The molecule has 1 aromatic heterocycles. The topological polar surface area (TPSA) is 52.5 Å². The zero-order chi connectivity index (χ0) is 32.4. The summed E-state index contributed by atoms with van der Waals surface area (Å²) in [5.74, 6) is 0. The summed E-state index contributed by atoms with van der Waals surface area (Å²) in [7, 11) is 9.92. The molecule has 9 rings (SSSR count). The highest BCUT2D eigenvalue weighted by Crippen LogP contribution is 2.59. The monoisotopic (exact) mass is 765 g/mol. The minimum atomic E-state index is -0.320. The molecule has 0 N–H and O–H groups in total. The van der Waals surface area contributed by atoms with Crippen molar-refractivity contribution in [2.75, 3.05) is 0 Å². The zero-order valence-corrected chi connectivity index (χ0v) is 31.6. The van der Waals surface area contributed by atoms with Crippen LogP contribution in [-0.2, 0) is 79.3 Å². The number of hydrogen-bond acceptors (Lipinski definition) is 3. The van der Waals surface area contributed by atoms with Gasteiger partial charge in [0.05, 0.1) is 16.1 Å². The third-order valence-corrected chi connectivity index (χ3v) is 25.4. The first-order valence-electron chi connectivity index (χ1n) is 15.4. The Balaban J connectivity index is 1.37. The molecule has 11 heteroatoms. The van der Waals surface area contributed by atoms with Gasteiger partial charge in [-0.2, -0.15) is 10.5 Å². The van der Waals surface area contributed by atoms with E-state index in [4.69, 9.17) is 11.2 Å². The van der Waals surface area contributed by atoms with E-state index in [0.29, 0.717) is 0 Å². The number of allylic oxidation sites excluding steroid dienone is 3. The van der Waals surface area contributed by atoms with Gasteiger partial charge in [-0.3, -0.25) is 0 Å². The van der Waals surface area contributed by atoms with Crippen molar-refractivity contribution in [3.05, 3.63) is 124 Å². The van der Waals surface area contributed by atoms with Crippen LogP contribution in [0.15, 0.2) is 102 Å². The maximum absolute atomic E-state index is 10.0. The fraction of sp³-hybridized carbons (Fsp3) is 0.135.